The van der Waals surface area contributed by atoms with Gasteiger partial charge in [0.05, 0.1) is 0 Å². The van der Waals surface area contributed by atoms with E-state index in [1.54, 1.807) is 0 Å². The van der Waals surface area contributed by atoms with Crippen molar-refractivity contribution in [3.63, 3.8) is 0 Å². The van der Waals surface area contributed by atoms with E-state index in [9.17, 15) is 14.0 Å². The van der Waals surface area contributed by atoms with Crippen LogP contribution in [0.3, 0.4) is 0 Å². The summed E-state index contributed by atoms with van der Waals surface area (Å²) in [6.07, 6.45) is 3.95. The third kappa shape index (κ3) is 8.54. The fraction of sp³-hybridized carbons (Fsp3) is 0.452. The fourth-order valence-corrected chi connectivity index (χ4v) is 4.64. The highest BCUT2D eigenvalue weighted by Crippen LogP contribution is 2.38. The SMILES string of the molecule is Cc1ccc(NC(=O)OC(C)(C)C)cc1CCC1=CC(NC(=O)c2ccc(F)cc2)=NCCC1C(C)(C)C. The highest BCUT2D eigenvalue weighted by Gasteiger charge is 2.29. The summed E-state index contributed by atoms with van der Waals surface area (Å²) in [7, 11) is 0. The Kier molecular flexibility index (Phi) is 9.13. The molecule has 0 aromatic heterocycles. The zero-order valence-corrected chi connectivity index (χ0v) is 23.6. The van der Waals surface area contributed by atoms with Gasteiger partial charge in [-0.2, -0.15) is 0 Å². The Morgan fingerprint density at radius 2 is 1.68 bits per heavy atom. The number of carbonyl (C=O) groups excluding carboxylic acids is 2. The molecule has 204 valence electrons. The van der Waals surface area contributed by atoms with Crippen LogP contribution in [0.2, 0.25) is 0 Å². The molecule has 0 fully saturated rings. The van der Waals surface area contributed by atoms with Crippen molar-refractivity contribution in [1.29, 1.82) is 0 Å². The number of benzene rings is 2. The predicted octanol–water partition coefficient (Wildman–Crippen LogP) is 7.23. The number of anilines is 1. The van der Waals surface area contributed by atoms with Gasteiger partial charge in [0.15, 0.2) is 0 Å². The zero-order valence-electron chi connectivity index (χ0n) is 23.6. The number of aryl methyl sites for hydroxylation is 2. The lowest BCUT2D eigenvalue weighted by molar-refractivity contribution is 0.0635. The zero-order chi connectivity index (χ0) is 28.1. The average molecular weight is 522 g/mol. The van der Waals surface area contributed by atoms with Crippen LogP contribution in [0, 0.1) is 24.1 Å². The first-order valence-electron chi connectivity index (χ1n) is 13.1. The molecule has 2 N–H and O–H groups in total. The van der Waals surface area contributed by atoms with Crippen LogP contribution in [0.15, 0.2) is 59.1 Å². The fourth-order valence-electron chi connectivity index (χ4n) is 4.64. The highest BCUT2D eigenvalue weighted by molar-refractivity contribution is 6.10. The van der Waals surface area contributed by atoms with E-state index in [0.29, 0.717) is 23.6 Å². The second kappa shape index (κ2) is 11.9. The quantitative estimate of drug-likeness (QED) is 0.435. The molecule has 1 aliphatic heterocycles. The number of hydrogen-bond acceptors (Lipinski definition) is 4. The highest BCUT2D eigenvalue weighted by atomic mass is 19.1. The van der Waals surface area contributed by atoms with Crippen molar-refractivity contribution in [3.05, 3.63) is 76.6 Å². The molecule has 0 aliphatic carbocycles. The van der Waals surface area contributed by atoms with Crippen LogP contribution in [0.5, 0.6) is 0 Å². The summed E-state index contributed by atoms with van der Waals surface area (Å²) < 4.78 is 18.7. The molecule has 2 amide bonds. The van der Waals surface area contributed by atoms with Gasteiger partial charge < -0.3 is 10.1 Å². The smallest absolute Gasteiger partial charge is 0.412 e. The van der Waals surface area contributed by atoms with E-state index in [1.807, 2.05) is 45.0 Å². The maximum absolute atomic E-state index is 13.3. The van der Waals surface area contributed by atoms with E-state index < -0.39 is 11.7 Å². The first kappa shape index (κ1) is 29.1. The number of halogens is 1. The van der Waals surface area contributed by atoms with Crippen LogP contribution >= 0.6 is 0 Å². The Morgan fingerprint density at radius 1 is 1.00 bits per heavy atom. The predicted molar refractivity (Wildman–Crippen MR) is 151 cm³/mol. The molecule has 0 saturated carbocycles. The van der Waals surface area contributed by atoms with Crippen LogP contribution in [-0.2, 0) is 11.2 Å². The van der Waals surface area contributed by atoms with Crippen molar-refractivity contribution in [1.82, 2.24) is 5.32 Å². The summed E-state index contributed by atoms with van der Waals surface area (Å²) in [6, 6.07) is 11.3. The molecule has 1 aliphatic rings. The molecule has 0 bridgehead atoms. The maximum Gasteiger partial charge on any atom is 0.412 e. The Bertz CT molecular complexity index is 1220. The van der Waals surface area contributed by atoms with E-state index >= 15 is 0 Å². The average Bonchev–Trinajstić information content (AvgIpc) is 3.00. The Morgan fingerprint density at radius 3 is 2.32 bits per heavy atom. The topological polar surface area (TPSA) is 79.8 Å². The van der Waals surface area contributed by atoms with Gasteiger partial charge in [-0.25, -0.2) is 9.18 Å². The molecule has 0 radical (unpaired) electrons. The van der Waals surface area contributed by atoms with Crippen LogP contribution in [-0.4, -0.2) is 30.0 Å². The van der Waals surface area contributed by atoms with Gasteiger partial charge in [0.1, 0.15) is 17.3 Å². The van der Waals surface area contributed by atoms with Gasteiger partial charge in [-0.1, -0.05) is 32.4 Å². The summed E-state index contributed by atoms with van der Waals surface area (Å²) >= 11 is 0. The largest absolute Gasteiger partial charge is 0.444 e. The minimum absolute atomic E-state index is 0.0208. The minimum atomic E-state index is -0.572. The van der Waals surface area contributed by atoms with Crippen LogP contribution in [0.1, 0.15) is 75.9 Å². The van der Waals surface area contributed by atoms with Gasteiger partial charge >= 0.3 is 6.09 Å². The molecule has 2 aromatic carbocycles. The van der Waals surface area contributed by atoms with Gasteiger partial charge in [0.2, 0.25) is 0 Å². The third-order valence-electron chi connectivity index (χ3n) is 6.54. The first-order valence-corrected chi connectivity index (χ1v) is 13.1. The van der Waals surface area contributed by atoms with E-state index in [-0.39, 0.29) is 23.1 Å². The van der Waals surface area contributed by atoms with Gasteiger partial charge in [0.25, 0.3) is 5.91 Å². The van der Waals surface area contributed by atoms with E-state index in [2.05, 4.69) is 43.3 Å². The molecule has 7 heteroatoms. The molecule has 3 rings (SSSR count). The number of nitrogens with one attached hydrogen (secondary N) is 2. The van der Waals surface area contributed by atoms with Crippen molar-refractivity contribution < 1.29 is 18.7 Å². The second-order valence-electron chi connectivity index (χ2n) is 11.9. The second-order valence-corrected chi connectivity index (χ2v) is 11.9. The van der Waals surface area contributed by atoms with E-state index in [0.717, 1.165) is 30.4 Å². The maximum atomic E-state index is 13.3. The summed E-state index contributed by atoms with van der Waals surface area (Å²) in [5.41, 5.74) is 4.01. The van der Waals surface area contributed by atoms with E-state index in [1.165, 1.54) is 29.8 Å². The Labute approximate surface area is 225 Å². The monoisotopic (exact) mass is 521 g/mol. The lowest BCUT2D eigenvalue weighted by atomic mass is 9.73. The summed E-state index contributed by atoms with van der Waals surface area (Å²) in [5, 5.41) is 5.74. The number of hydrogen-bond donors (Lipinski definition) is 2. The molecule has 0 saturated heterocycles. The van der Waals surface area contributed by atoms with Crippen molar-refractivity contribution in [2.45, 2.75) is 73.3 Å². The molecule has 6 nitrogen and oxygen atoms in total. The lowest BCUT2D eigenvalue weighted by Crippen LogP contribution is -2.30. The number of nitrogens with zero attached hydrogens (tertiary/aromatic N) is 1. The molecule has 1 atom stereocenters. The Balaban J connectivity index is 1.79. The molecule has 38 heavy (non-hydrogen) atoms. The van der Waals surface area contributed by atoms with Gasteiger partial charge in [-0.05, 0) is 112 Å². The molecule has 1 heterocycles. The molecule has 0 spiro atoms. The standard InChI is InChI=1S/C31H40FN3O3/c1-20-8-15-25(34-29(37)38-31(5,6)7)18-22(20)9-10-23-19-27(33-17-16-26(23)30(2,3)4)35-28(36)21-11-13-24(32)14-12-21/h8,11-15,18-19,26H,9-10,16-17H2,1-7H3,(H,34,37)(H,33,35,36). The number of allylic oxidation sites excluding steroid dienone is 1. The van der Waals surface area contributed by atoms with Crippen molar-refractivity contribution in [2.24, 2.45) is 16.3 Å². The first-order chi connectivity index (χ1) is 17.7. The number of rotatable bonds is 5. The van der Waals surface area contributed by atoms with Crippen LogP contribution in [0.4, 0.5) is 14.9 Å². The number of amidine groups is 1. The minimum Gasteiger partial charge on any atom is -0.444 e. The summed E-state index contributed by atoms with van der Waals surface area (Å²) in [4.78, 5) is 29.7. The Hall–Kier alpha value is -3.48. The van der Waals surface area contributed by atoms with Crippen molar-refractivity contribution in [2.75, 3.05) is 11.9 Å². The van der Waals surface area contributed by atoms with Crippen LogP contribution in [0.25, 0.3) is 0 Å². The number of ether oxygens (including phenoxy) is 1. The van der Waals surface area contributed by atoms with Crippen molar-refractivity contribution in [3.8, 4) is 0 Å². The lowest BCUT2D eigenvalue weighted by Gasteiger charge is -2.32. The van der Waals surface area contributed by atoms with Crippen molar-refractivity contribution >= 4 is 23.5 Å². The van der Waals surface area contributed by atoms with E-state index in [4.69, 9.17) is 4.74 Å². The van der Waals surface area contributed by atoms with Gasteiger partial charge in [0, 0.05) is 17.8 Å². The molecule has 2 aromatic rings. The van der Waals surface area contributed by atoms with Gasteiger partial charge in [-0.15, -0.1) is 0 Å². The molecular formula is C31H40FN3O3. The number of aliphatic imine (C=N–C) groups is 1. The summed E-state index contributed by atoms with van der Waals surface area (Å²) in [6.45, 7) is 14.8. The molecular weight excluding hydrogens is 481 g/mol. The third-order valence-corrected chi connectivity index (χ3v) is 6.54. The van der Waals surface area contributed by atoms with Gasteiger partial charge in [-0.3, -0.25) is 15.1 Å². The molecule has 1 unspecified atom stereocenters. The number of amides is 2. The van der Waals surface area contributed by atoms with Crippen LogP contribution < -0.4 is 10.6 Å². The summed E-state index contributed by atoms with van der Waals surface area (Å²) in [5.74, 6) is 0.113. The normalized spacial score (nSPS) is 16.2. The number of carbonyl (C=O) groups is 2.